The van der Waals surface area contributed by atoms with E-state index in [9.17, 15) is 13.2 Å². The monoisotopic (exact) mass is 393 g/mol. The molecule has 7 heteroatoms. The lowest BCUT2D eigenvalue weighted by atomic mass is 9.84. The van der Waals surface area contributed by atoms with E-state index < -0.39 is 9.84 Å². The van der Waals surface area contributed by atoms with Crippen molar-refractivity contribution in [1.29, 1.82) is 0 Å². The van der Waals surface area contributed by atoms with Gasteiger partial charge in [-0.15, -0.1) is 0 Å². The molecule has 0 spiro atoms. The van der Waals surface area contributed by atoms with Gasteiger partial charge in [0.1, 0.15) is 5.88 Å². The van der Waals surface area contributed by atoms with Gasteiger partial charge in [0.25, 0.3) is 0 Å². The normalized spacial score (nSPS) is 20.0. The summed E-state index contributed by atoms with van der Waals surface area (Å²) in [4.78, 5) is 16.0. The number of piperazine rings is 1. The van der Waals surface area contributed by atoms with Crippen LogP contribution in [-0.4, -0.2) is 62.7 Å². The van der Waals surface area contributed by atoms with E-state index in [0.29, 0.717) is 50.0 Å². The van der Waals surface area contributed by atoms with Crippen LogP contribution in [0, 0.1) is 0 Å². The van der Waals surface area contributed by atoms with Crippen LogP contribution in [0.1, 0.15) is 50.0 Å². The zero-order valence-electron chi connectivity index (χ0n) is 16.0. The van der Waals surface area contributed by atoms with Crippen molar-refractivity contribution in [2.45, 2.75) is 49.3 Å². The molecule has 0 radical (unpaired) electrons. The molecule has 2 aliphatic rings. The number of amides is 1. The highest BCUT2D eigenvalue weighted by Gasteiger charge is 2.25. The summed E-state index contributed by atoms with van der Waals surface area (Å²) in [5.74, 6) is 0.641. The molecule has 27 heavy (non-hydrogen) atoms. The van der Waals surface area contributed by atoms with E-state index in [1.54, 1.807) is 17.0 Å². The maximum absolute atomic E-state index is 12.8. The minimum Gasteiger partial charge on any atom is -0.340 e. The van der Waals surface area contributed by atoms with Crippen LogP contribution < -0.4 is 5.73 Å². The minimum atomic E-state index is -3.35. The molecule has 1 heterocycles. The average molecular weight is 394 g/mol. The average Bonchev–Trinajstić information content (AvgIpc) is 2.69. The fraction of sp³-hybridized carbons (Fsp3) is 0.650. The summed E-state index contributed by atoms with van der Waals surface area (Å²) < 4.78 is 25.5. The summed E-state index contributed by atoms with van der Waals surface area (Å²) in [6.07, 6.45) is 6.62. The first-order valence-electron chi connectivity index (χ1n) is 10.0. The molecule has 1 aromatic carbocycles. The van der Waals surface area contributed by atoms with E-state index in [1.165, 1.54) is 37.7 Å². The van der Waals surface area contributed by atoms with Gasteiger partial charge in [-0.25, -0.2) is 8.42 Å². The highest BCUT2D eigenvalue weighted by atomic mass is 32.2. The Hall–Kier alpha value is -1.44. The van der Waals surface area contributed by atoms with Crippen molar-refractivity contribution >= 4 is 15.7 Å². The molecule has 150 valence electrons. The molecule has 2 fully saturated rings. The molecule has 1 saturated heterocycles. The van der Waals surface area contributed by atoms with Crippen molar-refractivity contribution in [2.24, 2.45) is 5.73 Å². The molecule has 1 aromatic rings. The van der Waals surface area contributed by atoms with E-state index in [0.717, 1.165) is 0 Å². The first-order chi connectivity index (χ1) is 13.0. The Labute approximate surface area is 162 Å². The highest BCUT2D eigenvalue weighted by molar-refractivity contribution is 7.91. The summed E-state index contributed by atoms with van der Waals surface area (Å²) in [5.41, 5.74) is 6.70. The van der Waals surface area contributed by atoms with Gasteiger partial charge in [0.05, 0.1) is 4.90 Å². The van der Waals surface area contributed by atoms with Crippen molar-refractivity contribution in [2.75, 3.05) is 38.6 Å². The van der Waals surface area contributed by atoms with Gasteiger partial charge < -0.3 is 10.6 Å². The van der Waals surface area contributed by atoms with E-state index in [4.69, 9.17) is 5.73 Å². The number of carbonyl (C=O) groups is 1. The molecule has 0 atom stereocenters. The predicted molar refractivity (Wildman–Crippen MR) is 106 cm³/mol. The number of hydrogen-bond donors (Lipinski definition) is 1. The number of carbonyl (C=O) groups excluding carboxylic acids is 1. The van der Waals surface area contributed by atoms with Crippen LogP contribution in [0.25, 0.3) is 0 Å². The van der Waals surface area contributed by atoms with Crippen LogP contribution >= 0.6 is 0 Å². The third-order valence-corrected chi connectivity index (χ3v) is 7.45. The molecule has 6 nitrogen and oxygen atoms in total. The molecule has 1 saturated carbocycles. The number of rotatable bonds is 6. The predicted octanol–water partition coefficient (Wildman–Crippen LogP) is 1.96. The number of hydrogen-bond acceptors (Lipinski definition) is 5. The molecule has 2 N–H and O–H groups in total. The maximum atomic E-state index is 12.8. The van der Waals surface area contributed by atoms with Crippen LogP contribution in [0.2, 0.25) is 0 Å². The summed E-state index contributed by atoms with van der Waals surface area (Å²) in [5, 5.41) is 0. The summed E-state index contributed by atoms with van der Waals surface area (Å²) in [6.45, 7) is 2.64. The molecular weight excluding hydrogens is 362 g/mol. The van der Waals surface area contributed by atoms with Gasteiger partial charge in [0, 0.05) is 39.1 Å². The lowest BCUT2D eigenvalue weighted by Gasteiger charge is -2.34. The number of sulfone groups is 1. The molecule has 0 aromatic heterocycles. The van der Waals surface area contributed by atoms with E-state index in [1.807, 2.05) is 17.0 Å². The molecule has 1 amide bonds. The summed E-state index contributed by atoms with van der Waals surface area (Å²) in [6, 6.07) is 7.51. The van der Waals surface area contributed by atoms with E-state index in [-0.39, 0.29) is 11.8 Å². The molecule has 0 bridgehead atoms. The zero-order valence-corrected chi connectivity index (χ0v) is 16.8. The lowest BCUT2D eigenvalue weighted by molar-refractivity contribution is -0.132. The van der Waals surface area contributed by atoms with Crippen molar-refractivity contribution in [3.8, 4) is 0 Å². The largest absolute Gasteiger partial charge is 0.340 e. The van der Waals surface area contributed by atoms with Crippen LogP contribution in [0.3, 0.4) is 0 Å². The topological polar surface area (TPSA) is 83.7 Å². The third-order valence-electron chi connectivity index (χ3n) is 5.75. The zero-order chi connectivity index (χ0) is 19.3. The number of nitrogens with two attached hydrogens (primary N) is 1. The quantitative estimate of drug-likeness (QED) is 0.799. The Morgan fingerprint density at radius 3 is 2.22 bits per heavy atom. The van der Waals surface area contributed by atoms with Crippen LogP contribution in [0.4, 0.5) is 0 Å². The Bertz CT molecular complexity index is 719. The fourth-order valence-corrected chi connectivity index (χ4v) is 5.54. The van der Waals surface area contributed by atoms with Gasteiger partial charge in [-0.1, -0.05) is 31.4 Å². The first-order valence-corrected chi connectivity index (χ1v) is 11.7. The summed E-state index contributed by atoms with van der Waals surface area (Å²) >= 11 is 0. The van der Waals surface area contributed by atoms with Gasteiger partial charge in [-0.2, -0.15) is 0 Å². The SMILES string of the molecule is NCCC(=O)N1CCN(CS(=O)(=O)c2ccc(C3CCCCC3)cc2)CC1. The van der Waals surface area contributed by atoms with Crippen LogP contribution in [0.15, 0.2) is 29.2 Å². The van der Waals surface area contributed by atoms with Crippen molar-refractivity contribution < 1.29 is 13.2 Å². The second-order valence-electron chi connectivity index (χ2n) is 7.69. The molecule has 1 aliphatic carbocycles. The fourth-order valence-electron chi connectivity index (χ4n) is 4.11. The van der Waals surface area contributed by atoms with Crippen molar-refractivity contribution in [1.82, 2.24) is 9.80 Å². The molecule has 1 aliphatic heterocycles. The number of nitrogens with zero attached hydrogens (tertiary/aromatic N) is 2. The van der Waals surface area contributed by atoms with Gasteiger partial charge in [0.2, 0.25) is 5.91 Å². The minimum absolute atomic E-state index is 0.00863. The smallest absolute Gasteiger partial charge is 0.223 e. The van der Waals surface area contributed by atoms with Crippen LogP contribution in [0.5, 0.6) is 0 Å². The van der Waals surface area contributed by atoms with Gasteiger partial charge in [-0.05, 0) is 36.5 Å². The van der Waals surface area contributed by atoms with E-state index >= 15 is 0 Å². The van der Waals surface area contributed by atoms with Crippen LogP contribution in [-0.2, 0) is 14.6 Å². The molecule has 3 rings (SSSR count). The highest BCUT2D eigenvalue weighted by Crippen LogP contribution is 2.33. The molecule has 0 unspecified atom stereocenters. The Morgan fingerprint density at radius 2 is 1.63 bits per heavy atom. The van der Waals surface area contributed by atoms with E-state index in [2.05, 4.69) is 0 Å². The Morgan fingerprint density at radius 1 is 1.00 bits per heavy atom. The Balaban J connectivity index is 1.56. The van der Waals surface area contributed by atoms with Crippen molar-refractivity contribution in [3.63, 3.8) is 0 Å². The number of benzene rings is 1. The Kier molecular flexibility index (Phi) is 6.89. The lowest BCUT2D eigenvalue weighted by Crippen LogP contribution is -2.50. The molecular formula is C20H31N3O3S. The third kappa shape index (κ3) is 5.30. The standard InChI is InChI=1S/C20H31N3O3S/c21-11-10-20(24)23-14-12-22(13-15-23)16-27(25,26)19-8-6-18(7-9-19)17-4-2-1-3-5-17/h6-9,17H,1-5,10-16,21H2. The second kappa shape index (κ2) is 9.17. The van der Waals surface area contributed by atoms with Gasteiger partial charge in [0.15, 0.2) is 9.84 Å². The first kappa shape index (κ1) is 20.3. The van der Waals surface area contributed by atoms with Gasteiger partial charge >= 0.3 is 0 Å². The summed E-state index contributed by atoms with van der Waals surface area (Å²) in [7, 11) is -3.35. The van der Waals surface area contributed by atoms with Gasteiger partial charge in [-0.3, -0.25) is 9.69 Å². The van der Waals surface area contributed by atoms with Crippen molar-refractivity contribution in [3.05, 3.63) is 29.8 Å². The second-order valence-corrected chi connectivity index (χ2v) is 9.64. The maximum Gasteiger partial charge on any atom is 0.223 e.